The highest BCUT2D eigenvalue weighted by Gasteiger charge is 2.15. The van der Waals surface area contributed by atoms with Gasteiger partial charge in [0.15, 0.2) is 11.0 Å². The topological polar surface area (TPSA) is 88.9 Å². The maximum absolute atomic E-state index is 12.4. The molecular weight excluding hydrogens is 584 g/mol. The monoisotopic (exact) mass is 603 g/mol. The molecule has 3 rings (SSSR count). The lowest BCUT2D eigenvalue weighted by Gasteiger charge is -2.10. The van der Waals surface area contributed by atoms with Gasteiger partial charge in [0, 0.05) is 21.4 Å². The Morgan fingerprint density at radius 3 is 2.59 bits per heavy atom. The Labute approximate surface area is 213 Å². The molecule has 0 aliphatic carbocycles. The summed E-state index contributed by atoms with van der Waals surface area (Å²) in [6, 6.07) is 10.5. The molecule has 0 aliphatic rings. The van der Waals surface area contributed by atoms with Gasteiger partial charge in [-0.15, -0.1) is 10.2 Å². The number of carbonyl (C=O) groups excluding carboxylic acids is 2. The van der Waals surface area contributed by atoms with E-state index < -0.39 is 0 Å². The molecule has 0 aliphatic heterocycles. The third-order valence-electron chi connectivity index (χ3n) is 4.49. The van der Waals surface area contributed by atoms with Gasteiger partial charge in [0.1, 0.15) is 0 Å². The SMILES string of the molecule is CCn1c(CNC(=O)c2ccc(Cl)c(Cl)c2)nnc1SCC(=O)Nc1ccc(I)cc1C. The minimum absolute atomic E-state index is 0.126. The van der Waals surface area contributed by atoms with Gasteiger partial charge in [-0.05, 0) is 78.4 Å². The molecule has 32 heavy (non-hydrogen) atoms. The summed E-state index contributed by atoms with van der Waals surface area (Å²) in [5.74, 6) is 0.367. The molecule has 0 unspecified atom stereocenters. The number of nitrogens with one attached hydrogen (secondary N) is 2. The van der Waals surface area contributed by atoms with Gasteiger partial charge < -0.3 is 15.2 Å². The first-order valence-corrected chi connectivity index (χ1v) is 12.4. The molecule has 0 fully saturated rings. The fourth-order valence-electron chi connectivity index (χ4n) is 2.86. The van der Waals surface area contributed by atoms with Crippen LogP contribution in [0.15, 0.2) is 41.6 Å². The minimum atomic E-state index is -0.296. The lowest BCUT2D eigenvalue weighted by atomic mass is 10.2. The average Bonchev–Trinajstić information content (AvgIpc) is 3.16. The highest BCUT2D eigenvalue weighted by molar-refractivity contribution is 14.1. The van der Waals surface area contributed by atoms with Gasteiger partial charge in [0.2, 0.25) is 5.91 Å². The molecule has 0 saturated heterocycles. The van der Waals surface area contributed by atoms with Crippen molar-refractivity contribution in [3.63, 3.8) is 0 Å². The first-order chi connectivity index (χ1) is 15.3. The van der Waals surface area contributed by atoms with Crippen LogP contribution in [0.2, 0.25) is 10.0 Å². The fraction of sp³-hybridized carbons (Fsp3) is 0.238. The number of nitrogens with zero attached hydrogens (tertiary/aromatic N) is 3. The standard InChI is InChI=1S/C21H20Cl2IN5O2S/c1-3-29-18(10-25-20(31)13-4-6-15(22)16(23)9-13)27-28-21(29)32-11-19(30)26-17-7-5-14(24)8-12(17)2/h4-9H,3,10-11H2,1-2H3,(H,25,31)(H,26,30). The second-order valence-corrected chi connectivity index (χ2v) is 9.75. The maximum atomic E-state index is 12.4. The van der Waals surface area contributed by atoms with E-state index in [9.17, 15) is 9.59 Å². The zero-order valence-electron chi connectivity index (χ0n) is 17.3. The van der Waals surface area contributed by atoms with Gasteiger partial charge in [-0.1, -0.05) is 35.0 Å². The van der Waals surface area contributed by atoms with Crippen molar-refractivity contribution in [2.24, 2.45) is 0 Å². The number of benzene rings is 2. The Hall–Kier alpha value is -1.82. The van der Waals surface area contributed by atoms with Gasteiger partial charge in [-0.25, -0.2) is 0 Å². The number of carbonyl (C=O) groups is 2. The van der Waals surface area contributed by atoms with E-state index in [1.165, 1.54) is 17.8 Å². The summed E-state index contributed by atoms with van der Waals surface area (Å²) in [6.45, 7) is 4.70. The molecule has 2 aromatic carbocycles. The van der Waals surface area contributed by atoms with Crippen LogP contribution in [-0.2, 0) is 17.9 Å². The smallest absolute Gasteiger partial charge is 0.251 e. The van der Waals surface area contributed by atoms with Crippen LogP contribution in [0.4, 0.5) is 5.69 Å². The lowest BCUT2D eigenvalue weighted by molar-refractivity contribution is -0.113. The largest absolute Gasteiger partial charge is 0.345 e. The highest BCUT2D eigenvalue weighted by atomic mass is 127. The molecule has 0 spiro atoms. The van der Waals surface area contributed by atoms with Crippen LogP contribution in [0.3, 0.4) is 0 Å². The van der Waals surface area contributed by atoms with Crippen LogP contribution >= 0.6 is 57.6 Å². The number of amides is 2. The number of thioether (sulfide) groups is 1. The van der Waals surface area contributed by atoms with Crippen LogP contribution in [0.1, 0.15) is 28.7 Å². The zero-order valence-corrected chi connectivity index (χ0v) is 21.8. The average molecular weight is 604 g/mol. The molecule has 2 N–H and O–H groups in total. The molecule has 1 heterocycles. The van der Waals surface area contributed by atoms with Crippen LogP contribution in [-0.4, -0.2) is 32.3 Å². The predicted octanol–water partition coefficient (Wildman–Crippen LogP) is 5.18. The predicted molar refractivity (Wildman–Crippen MR) is 137 cm³/mol. The molecule has 0 bridgehead atoms. The Morgan fingerprint density at radius 1 is 1.12 bits per heavy atom. The van der Waals surface area contributed by atoms with E-state index in [-0.39, 0.29) is 24.1 Å². The second-order valence-electron chi connectivity index (χ2n) is 6.75. The molecule has 0 radical (unpaired) electrons. The van der Waals surface area contributed by atoms with Crippen molar-refractivity contribution in [2.75, 3.05) is 11.1 Å². The normalized spacial score (nSPS) is 10.8. The van der Waals surface area contributed by atoms with Crippen molar-refractivity contribution in [1.29, 1.82) is 0 Å². The maximum Gasteiger partial charge on any atom is 0.251 e. The van der Waals surface area contributed by atoms with Crippen molar-refractivity contribution in [3.05, 3.63) is 67.0 Å². The number of rotatable bonds is 8. The Bertz CT molecular complexity index is 1160. The van der Waals surface area contributed by atoms with Gasteiger partial charge in [-0.2, -0.15) is 0 Å². The number of aryl methyl sites for hydroxylation is 1. The van der Waals surface area contributed by atoms with Crippen LogP contribution in [0, 0.1) is 10.5 Å². The molecule has 1 aromatic heterocycles. The Kier molecular flexibility index (Phi) is 8.80. The fourth-order valence-corrected chi connectivity index (χ4v) is 4.62. The van der Waals surface area contributed by atoms with E-state index in [4.69, 9.17) is 23.2 Å². The quantitative estimate of drug-likeness (QED) is 0.274. The summed E-state index contributed by atoms with van der Waals surface area (Å²) in [6.07, 6.45) is 0. The highest BCUT2D eigenvalue weighted by Crippen LogP contribution is 2.23. The van der Waals surface area contributed by atoms with E-state index in [0.29, 0.717) is 33.1 Å². The van der Waals surface area contributed by atoms with Gasteiger partial charge >= 0.3 is 0 Å². The second kappa shape index (κ2) is 11.4. The number of hydrogen-bond donors (Lipinski definition) is 2. The summed E-state index contributed by atoms with van der Waals surface area (Å²) < 4.78 is 2.98. The summed E-state index contributed by atoms with van der Waals surface area (Å²) in [4.78, 5) is 24.8. The van der Waals surface area contributed by atoms with Crippen molar-refractivity contribution < 1.29 is 9.59 Å². The lowest BCUT2D eigenvalue weighted by Crippen LogP contribution is -2.24. The van der Waals surface area contributed by atoms with Gasteiger partial charge in [-0.3, -0.25) is 9.59 Å². The molecule has 3 aromatic rings. The molecule has 2 amide bonds. The van der Waals surface area contributed by atoms with Crippen LogP contribution in [0.25, 0.3) is 0 Å². The molecular formula is C21H20Cl2IN5O2S. The number of hydrogen-bond acceptors (Lipinski definition) is 5. The zero-order chi connectivity index (χ0) is 23.3. The first kappa shape index (κ1) is 24.8. The van der Waals surface area contributed by atoms with E-state index >= 15 is 0 Å². The van der Waals surface area contributed by atoms with Crippen molar-refractivity contribution in [1.82, 2.24) is 20.1 Å². The number of aromatic nitrogens is 3. The third-order valence-corrected chi connectivity index (χ3v) is 6.87. The molecule has 0 saturated carbocycles. The van der Waals surface area contributed by atoms with Crippen molar-refractivity contribution in [3.8, 4) is 0 Å². The van der Waals surface area contributed by atoms with E-state index in [0.717, 1.165) is 14.8 Å². The van der Waals surface area contributed by atoms with E-state index in [1.807, 2.05) is 36.6 Å². The van der Waals surface area contributed by atoms with Gasteiger partial charge in [0.05, 0.1) is 22.3 Å². The van der Waals surface area contributed by atoms with Crippen molar-refractivity contribution >= 4 is 75.1 Å². The molecule has 0 atom stereocenters. The van der Waals surface area contributed by atoms with E-state index in [1.54, 1.807) is 12.1 Å². The molecule has 168 valence electrons. The van der Waals surface area contributed by atoms with Crippen LogP contribution in [0.5, 0.6) is 0 Å². The summed E-state index contributed by atoms with van der Waals surface area (Å²) in [5, 5.41) is 15.4. The Balaban J connectivity index is 1.58. The summed E-state index contributed by atoms with van der Waals surface area (Å²) >= 11 is 15.4. The van der Waals surface area contributed by atoms with Gasteiger partial charge in [0.25, 0.3) is 5.91 Å². The Morgan fingerprint density at radius 2 is 1.91 bits per heavy atom. The summed E-state index contributed by atoms with van der Waals surface area (Å²) in [7, 11) is 0. The van der Waals surface area contributed by atoms with E-state index in [2.05, 4.69) is 43.4 Å². The summed E-state index contributed by atoms with van der Waals surface area (Å²) in [5.41, 5.74) is 2.20. The third kappa shape index (κ3) is 6.37. The number of anilines is 1. The first-order valence-electron chi connectivity index (χ1n) is 9.62. The minimum Gasteiger partial charge on any atom is -0.345 e. The molecule has 11 heteroatoms. The van der Waals surface area contributed by atoms with Crippen molar-refractivity contribution in [2.45, 2.75) is 32.1 Å². The van der Waals surface area contributed by atoms with Crippen LogP contribution < -0.4 is 10.6 Å². The number of halogens is 3. The molecule has 7 nitrogen and oxygen atoms in total.